The smallest absolute Gasteiger partial charge is 0.284 e. The molecule has 0 heterocycles. The van der Waals surface area contributed by atoms with Gasteiger partial charge in [-0.25, -0.2) is 0 Å². The molecule has 37 heavy (non-hydrogen) atoms. The Morgan fingerprint density at radius 3 is 2.43 bits per heavy atom. The molecule has 0 saturated heterocycles. The largest absolute Gasteiger partial charge is 0.497 e. The Labute approximate surface area is 218 Å². The number of ether oxygens (including phenoxy) is 2. The predicted octanol–water partition coefficient (Wildman–Crippen LogP) is 4.02. The molecule has 0 aliphatic carbocycles. The second-order valence-corrected chi connectivity index (χ2v) is 9.94. The lowest BCUT2D eigenvalue weighted by Crippen LogP contribution is -2.23. The van der Waals surface area contributed by atoms with Crippen molar-refractivity contribution in [3.05, 3.63) is 83.9 Å². The summed E-state index contributed by atoms with van der Waals surface area (Å²) in [6.45, 7) is 0.327. The van der Waals surface area contributed by atoms with Gasteiger partial charge in [-0.2, -0.15) is 8.42 Å². The van der Waals surface area contributed by atoms with Gasteiger partial charge in [-0.3, -0.25) is 4.79 Å². The third-order valence-corrected chi connectivity index (χ3v) is 6.66. The summed E-state index contributed by atoms with van der Waals surface area (Å²) in [6, 6.07) is 19.9. The zero-order chi connectivity index (χ0) is 26.8. The minimum Gasteiger partial charge on any atom is -0.497 e. The van der Waals surface area contributed by atoms with Crippen LogP contribution in [0.4, 0.5) is 0 Å². The highest BCUT2D eigenvalue weighted by Gasteiger charge is 2.19. The van der Waals surface area contributed by atoms with E-state index < -0.39 is 10.0 Å². The fraction of sp³-hybridized carbons (Fsp3) is 0.214. The van der Waals surface area contributed by atoms with Crippen LogP contribution in [0.5, 0.6) is 11.5 Å². The maximum atomic E-state index is 13.1. The molecule has 0 aliphatic heterocycles. The maximum Gasteiger partial charge on any atom is 0.284 e. The Hall–Kier alpha value is -4.11. The Kier molecular flexibility index (Phi) is 9.45. The topological polar surface area (TPSA) is 97.3 Å². The SMILES string of the molecule is COc1ccc(/C=C/C(=O)NCCc2ccc(-c3ccccc3)c(S(=O)(=O)/N=C\N(C)C)c2)c(OC)c1. The van der Waals surface area contributed by atoms with E-state index in [4.69, 9.17) is 9.47 Å². The fourth-order valence-corrected chi connectivity index (χ4v) is 4.71. The van der Waals surface area contributed by atoms with Crippen LogP contribution < -0.4 is 14.8 Å². The van der Waals surface area contributed by atoms with E-state index in [-0.39, 0.29) is 10.8 Å². The van der Waals surface area contributed by atoms with Crippen LogP contribution in [-0.2, 0) is 21.2 Å². The van der Waals surface area contributed by atoms with Gasteiger partial charge in [0.2, 0.25) is 5.91 Å². The number of benzene rings is 3. The number of hydrogen-bond acceptors (Lipinski definition) is 5. The van der Waals surface area contributed by atoms with E-state index in [1.807, 2.05) is 36.4 Å². The number of sulfonamides is 1. The lowest BCUT2D eigenvalue weighted by molar-refractivity contribution is -0.116. The van der Waals surface area contributed by atoms with Gasteiger partial charge in [-0.15, -0.1) is 4.40 Å². The molecule has 3 aromatic carbocycles. The second kappa shape index (κ2) is 12.7. The molecule has 1 N–H and O–H groups in total. The molecule has 0 spiro atoms. The molecule has 9 heteroatoms. The van der Waals surface area contributed by atoms with Gasteiger partial charge in [0.25, 0.3) is 10.0 Å². The van der Waals surface area contributed by atoms with Gasteiger partial charge < -0.3 is 19.7 Å². The van der Waals surface area contributed by atoms with Crippen LogP contribution in [-0.4, -0.2) is 60.4 Å². The summed E-state index contributed by atoms with van der Waals surface area (Å²) in [6.07, 6.45) is 4.80. The molecule has 0 aliphatic rings. The summed E-state index contributed by atoms with van der Waals surface area (Å²) in [7, 11) is 2.59. The molecular formula is C28H31N3O5S. The van der Waals surface area contributed by atoms with Crippen molar-refractivity contribution in [1.29, 1.82) is 0 Å². The lowest BCUT2D eigenvalue weighted by atomic mass is 10.0. The first-order valence-corrected chi connectivity index (χ1v) is 13.0. The summed E-state index contributed by atoms with van der Waals surface area (Å²) in [5, 5.41) is 2.83. The van der Waals surface area contributed by atoms with Crippen molar-refractivity contribution in [2.24, 2.45) is 4.40 Å². The van der Waals surface area contributed by atoms with E-state index in [2.05, 4.69) is 9.71 Å². The van der Waals surface area contributed by atoms with Crippen molar-refractivity contribution in [2.45, 2.75) is 11.3 Å². The number of hydrogen-bond donors (Lipinski definition) is 1. The van der Waals surface area contributed by atoms with Gasteiger partial charge in [0.1, 0.15) is 17.8 Å². The molecule has 194 valence electrons. The van der Waals surface area contributed by atoms with E-state index in [9.17, 15) is 13.2 Å². The Balaban J connectivity index is 1.74. The lowest BCUT2D eigenvalue weighted by Gasteiger charge is -2.12. The van der Waals surface area contributed by atoms with Crippen LogP contribution in [0.3, 0.4) is 0 Å². The van der Waals surface area contributed by atoms with Crippen LogP contribution in [0.1, 0.15) is 11.1 Å². The first-order chi connectivity index (χ1) is 17.7. The highest BCUT2D eigenvalue weighted by molar-refractivity contribution is 7.90. The van der Waals surface area contributed by atoms with Crippen molar-refractivity contribution in [3.8, 4) is 22.6 Å². The molecule has 0 fully saturated rings. The van der Waals surface area contributed by atoms with Crippen molar-refractivity contribution in [3.63, 3.8) is 0 Å². The minimum absolute atomic E-state index is 0.118. The summed E-state index contributed by atoms with van der Waals surface area (Å²) in [5.74, 6) is 0.972. The van der Waals surface area contributed by atoms with Crippen LogP contribution >= 0.6 is 0 Å². The zero-order valence-corrected chi connectivity index (χ0v) is 22.2. The van der Waals surface area contributed by atoms with Crippen molar-refractivity contribution in [2.75, 3.05) is 34.9 Å². The molecule has 8 nitrogen and oxygen atoms in total. The number of amides is 1. The predicted molar refractivity (Wildman–Crippen MR) is 147 cm³/mol. The number of nitrogens with one attached hydrogen (secondary N) is 1. The van der Waals surface area contributed by atoms with Gasteiger partial charge in [0.05, 0.1) is 19.1 Å². The highest BCUT2D eigenvalue weighted by atomic mass is 32.2. The van der Waals surface area contributed by atoms with Gasteiger partial charge >= 0.3 is 0 Å². The molecule has 1 amide bonds. The molecule has 3 aromatic rings. The summed E-state index contributed by atoms with van der Waals surface area (Å²) >= 11 is 0. The van der Waals surface area contributed by atoms with Gasteiger partial charge in [-0.05, 0) is 41.8 Å². The van der Waals surface area contributed by atoms with Crippen molar-refractivity contribution < 1.29 is 22.7 Å². The molecule has 0 atom stereocenters. The van der Waals surface area contributed by atoms with E-state index in [0.29, 0.717) is 30.0 Å². The number of carbonyl (C=O) groups excluding carboxylic acids is 1. The average molecular weight is 522 g/mol. The van der Waals surface area contributed by atoms with Crippen LogP contribution in [0.2, 0.25) is 0 Å². The van der Waals surface area contributed by atoms with Gasteiger partial charge in [0.15, 0.2) is 0 Å². The normalized spacial score (nSPS) is 11.6. The number of rotatable bonds is 11. The van der Waals surface area contributed by atoms with E-state index in [1.54, 1.807) is 69.6 Å². The van der Waals surface area contributed by atoms with Crippen LogP contribution in [0, 0.1) is 0 Å². The monoisotopic (exact) mass is 521 g/mol. The van der Waals surface area contributed by atoms with Crippen LogP contribution in [0.15, 0.2) is 82.1 Å². The molecule has 0 aromatic heterocycles. The molecule has 0 radical (unpaired) electrons. The molecule has 3 rings (SSSR count). The third-order valence-electron chi connectivity index (χ3n) is 5.39. The molecule has 0 bridgehead atoms. The molecule has 0 saturated carbocycles. The zero-order valence-electron chi connectivity index (χ0n) is 21.3. The van der Waals surface area contributed by atoms with E-state index >= 15 is 0 Å². The highest BCUT2D eigenvalue weighted by Crippen LogP contribution is 2.30. The number of carbonyl (C=O) groups is 1. The Morgan fingerprint density at radius 1 is 1.00 bits per heavy atom. The van der Waals surface area contributed by atoms with Crippen LogP contribution in [0.25, 0.3) is 17.2 Å². The number of methoxy groups -OCH3 is 2. The fourth-order valence-electron chi connectivity index (χ4n) is 3.52. The van der Waals surface area contributed by atoms with E-state index in [1.165, 1.54) is 12.4 Å². The average Bonchev–Trinajstić information content (AvgIpc) is 2.91. The molecule has 0 unspecified atom stereocenters. The third kappa shape index (κ3) is 7.68. The van der Waals surface area contributed by atoms with Gasteiger partial charge in [-0.1, -0.05) is 42.5 Å². The standard InChI is InChI=1S/C28H31N3O5S/c1-31(2)20-30-37(33,34)27-18-21(10-14-25(27)22-8-6-5-7-9-22)16-17-29-28(32)15-12-23-11-13-24(35-3)19-26(23)36-4/h5-15,18-20H,16-17H2,1-4H3,(H,29,32)/b15-12+,30-20-. The second-order valence-electron chi connectivity index (χ2n) is 8.34. The maximum absolute atomic E-state index is 13.1. The van der Waals surface area contributed by atoms with Crippen molar-refractivity contribution in [1.82, 2.24) is 10.2 Å². The Morgan fingerprint density at radius 2 is 1.76 bits per heavy atom. The van der Waals surface area contributed by atoms with Gasteiger partial charge in [0, 0.05) is 43.9 Å². The summed E-state index contributed by atoms with van der Waals surface area (Å²) in [4.78, 5) is 14.0. The molecular weight excluding hydrogens is 490 g/mol. The number of nitrogens with zero attached hydrogens (tertiary/aromatic N) is 2. The minimum atomic E-state index is -3.94. The first-order valence-electron chi connectivity index (χ1n) is 11.6. The van der Waals surface area contributed by atoms with E-state index in [0.717, 1.165) is 16.7 Å². The quantitative estimate of drug-likeness (QED) is 0.233. The summed E-state index contributed by atoms with van der Waals surface area (Å²) in [5.41, 5.74) is 2.85. The summed E-state index contributed by atoms with van der Waals surface area (Å²) < 4.78 is 40.5. The first kappa shape index (κ1) is 27.5. The van der Waals surface area contributed by atoms with Crippen molar-refractivity contribution >= 4 is 28.3 Å². The Bertz CT molecular complexity index is 1380.